The summed E-state index contributed by atoms with van der Waals surface area (Å²) >= 11 is 0. The van der Waals surface area contributed by atoms with E-state index in [9.17, 15) is 0 Å². The van der Waals surface area contributed by atoms with Gasteiger partial charge in [0.15, 0.2) is 0 Å². The fourth-order valence-corrected chi connectivity index (χ4v) is 0.678. The lowest BCUT2D eigenvalue weighted by molar-refractivity contribution is 0.186. The Labute approximate surface area is 43.6 Å². The van der Waals surface area contributed by atoms with Crippen LogP contribution in [0.4, 0.5) is 0 Å². The van der Waals surface area contributed by atoms with E-state index in [1.54, 1.807) is 0 Å². The highest BCUT2D eigenvalue weighted by atomic mass is 16.5. The largest absolute Gasteiger partial charge is 0.379 e. The first kappa shape index (κ1) is 5.06. The van der Waals surface area contributed by atoms with Crippen LogP contribution in [0.2, 0.25) is 0 Å². The topological polar surface area (TPSA) is 35.2 Å². The molecule has 0 radical (unpaired) electrons. The molecule has 2 N–H and O–H groups in total. The lowest BCUT2D eigenvalue weighted by Crippen LogP contribution is -2.25. The number of ether oxygens (including phenoxy) is 1. The van der Waals surface area contributed by atoms with Crippen LogP contribution < -0.4 is 5.73 Å². The second kappa shape index (κ2) is 1.80. The van der Waals surface area contributed by atoms with Gasteiger partial charge in [-0.2, -0.15) is 0 Å². The Bertz CT molecular complexity index is 57.1. The summed E-state index contributed by atoms with van der Waals surface area (Å²) in [4.78, 5) is 0. The van der Waals surface area contributed by atoms with Crippen molar-refractivity contribution in [3.8, 4) is 0 Å². The van der Waals surface area contributed by atoms with E-state index in [-0.39, 0.29) is 0 Å². The second-order valence-electron chi connectivity index (χ2n) is 2.18. The zero-order valence-electron chi connectivity index (χ0n) is 4.55. The van der Waals surface area contributed by atoms with Crippen molar-refractivity contribution in [2.75, 3.05) is 13.2 Å². The van der Waals surface area contributed by atoms with Gasteiger partial charge in [-0.25, -0.2) is 0 Å². The van der Waals surface area contributed by atoms with Gasteiger partial charge in [-0.3, -0.25) is 0 Å². The van der Waals surface area contributed by atoms with Crippen LogP contribution in [-0.4, -0.2) is 19.3 Å². The fraction of sp³-hybridized carbons (Fsp3) is 1.00. The van der Waals surface area contributed by atoms with E-state index in [4.69, 9.17) is 10.5 Å². The molecule has 1 heterocycles. The van der Waals surface area contributed by atoms with Crippen LogP contribution in [0.1, 0.15) is 6.92 Å². The highest BCUT2D eigenvalue weighted by molar-refractivity contribution is 4.73. The highest BCUT2D eigenvalue weighted by Crippen LogP contribution is 2.08. The Hall–Kier alpha value is -0.0800. The monoisotopic (exact) mass is 101 g/mol. The Morgan fingerprint density at radius 3 is 2.43 bits per heavy atom. The van der Waals surface area contributed by atoms with Crippen molar-refractivity contribution in [3.63, 3.8) is 0 Å². The summed E-state index contributed by atoms with van der Waals surface area (Å²) < 4.78 is 5.04. The molecular weight excluding hydrogens is 90.1 g/mol. The molecule has 2 atom stereocenters. The quantitative estimate of drug-likeness (QED) is 0.465. The molecule has 0 aromatic carbocycles. The summed E-state index contributed by atoms with van der Waals surface area (Å²) in [7, 11) is 0. The third-order valence-electron chi connectivity index (χ3n) is 1.42. The standard InChI is InChI=1S/C5H11NO/c1-4-2-7-3-5(4)6/h4-5H,2-3,6H2,1H3/t4?,5-/m0/s1. The van der Waals surface area contributed by atoms with Crippen LogP contribution in [-0.2, 0) is 4.74 Å². The van der Waals surface area contributed by atoms with Crippen molar-refractivity contribution in [2.24, 2.45) is 11.7 Å². The zero-order chi connectivity index (χ0) is 5.28. The normalized spacial score (nSPS) is 42.0. The maximum atomic E-state index is 5.55. The molecule has 0 aromatic rings. The maximum absolute atomic E-state index is 5.55. The van der Waals surface area contributed by atoms with Gasteiger partial charge in [-0.05, 0) is 5.92 Å². The average molecular weight is 101 g/mol. The Morgan fingerprint density at radius 2 is 2.29 bits per heavy atom. The molecule has 1 rings (SSSR count). The predicted octanol–water partition coefficient (Wildman–Crippen LogP) is -0.0200. The summed E-state index contributed by atoms with van der Waals surface area (Å²) in [5, 5.41) is 0. The summed E-state index contributed by atoms with van der Waals surface area (Å²) in [6, 6.07) is 0.292. The molecule has 1 fully saturated rings. The van der Waals surface area contributed by atoms with Gasteiger partial charge in [0.1, 0.15) is 0 Å². The third kappa shape index (κ3) is 0.924. The first-order valence-corrected chi connectivity index (χ1v) is 2.64. The van der Waals surface area contributed by atoms with Gasteiger partial charge >= 0.3 is 0 Å². The molecule has 2 nitrogen and oxygen atoms in total. The summed E-state index contributed by atoms with van der Waals surface area (Å²) in [5.74, 6) is 0.569. The zero-order valence-corrected chi connectivity index (χ0v) is 4.55. The second-order valence-corrected chi connectivity index (χ2v) is 2.18. The molecule has 1 saturated heterocycles. The van der Waals surface area contributed by atoms with Crippen molar-refractivity contribution in [1.29, 1.82) is 0 Å². The van der Waals surface area contributed by atoms with Crippen molar-refractivity contribution < 1.29 is 4.74 Å². The van der Waals surface area contributed by atoms with Crippen LogP contribution in [0.5, 0.6) is 0 Å². The molecule has 0 saturated carbocycles. The van der Waals surface area contributed by atoms with Gasteiger partial charge in [0, 0.05) is 6.04 Å². The molecule has 1 aliphatic heterocycles. The van der Waals surface area contributed by atoms with E-state index in [1.165, 1.54) is 0 Å². The maximum Gasteiger partial charge on any atom is 0.0621 e. The number of hydrogen-bond donors (Lipinski definition) is 1. The molecule has 2 heteroatoms. The average Bonchev–Trinajstić information content (AvgIpc) is 1.91. The van der Waals surface area contributed by atoms with Gasteiger partial charge in [-0.1, -0.05) is 6.92 Å². The van der Waals surface area contributed by atoms with Crippen LogP contribution in [0, 0.1) is 5.92 Å². The predicted molar refractivity (Wildman–Crippen MR) is 28.0 cm³/mol. The van der Waals surface area contributed by atoms with Gasteiger partial charge in [0.05, 0.1) is 13.2 Å². The van der Waals surface area contributed by atoms with E-state index in [0.29, 0.717) is 12.0 Å². The Kier molecular flexibility index (Phi) is 1.30. The number of hydrogen-bond acceptors (Lipinski definition) is 2. The van der Waals surface area contributed by atoms with Crippen LogP contribution >= 0.6 is 0 Å². The lowest BCUT2D eigenvalue weighted by Gasteiger charge is -2.02. The van der Waals surface area contributed by atoms with Gasteiger partial charge in [0.25, 0.3) is 0 Å². The van der Waals surface area contributed by atoms with Gasteiger partial charge in [-0.15, -0.1) is 0 Å². The highest BCUT2D eigenvalue weighted by Gasteiger charge is 2.18. The molecule has 0 spiro atoms. The third-order valence-corrected chi connectivity index (χ3v) is 1.42. The van der Waals surface area contributed by atoms with Crippen molar-refractivity contribution >= 4 is 0 Å². The minimum Gasteiger partial charge on any atom is -0.379 e. The lowest BCUT2D eigenvalue weighted by atomic mass is 10.1. The molecule has 0 aliphatic carbocycles. The fourth-order valence-electron chi connectivity index (χ4n) is 0.678. The van der Waals surface area contributed by atoms with Gasteiger partial charge < -0.3 is 10.5 Å². The van der Waals surface area contributed by atoms with Crippen LogP contribution in [0.15, 0.2) is 0 Å². The molecule has 0 aromatic heterocycles. The van der Waals surface area contributed by atoms with Crippen LogP contribution in [0.25, 0.3) is 0 Å². The van der Waals surface area contributed by atoms with Crippen molar-refractivity contribution in [3.05, 3.63) is 0 Å². The molecule has 42 valence electrons. The summed E-state index contributed by atoms with van der Waals surface area (Å²) in [6.45, 7) is 3.71. The van der Waals surface area contributed by atoms with E-state index < -0.39 is 0 Å². The van der Waals surface area contributed by atoms with Gasteiger partial charge in [0.2, 0.25) is 0 Å². The SMILES string of the molecule is CC1COC[C@@H]1N. The molecule has 7 heavy (non-hydrogen) atoms. The summed E-state index contributed by atoms with van der Waals surface area (Å²) in [5.41, 5.74) is 5.55. The van der Waals surface area contributed by atoms with E-state index in [0.717, 1.165) is 13.2 Å². The van der Waals surface area contributed by atoms with E-state index in [1.807, 2.05) is 0 Å². The van der Waals surface area contributed by atoms with Crippen molar-refractivity contribution in [2.45, 2.75) is 13.0 Å². The smallest absolute Gasteiger partial charge is 0.0621 e. The minimum absolute atomic E-state index is 0.292. The Morgan fingerprint density at radius 1 is 1.57 bits per heavy atom. The molecule has 0 bridgehead atoms. The number of nitrogens with two attached hydrogens (primary N) is 1. The van der Waals surface area contributed by atoms with Crippen molar-refractivity contribution in [1.82, 2.24) is 0 Å². The molecular formula is C5H11NO. The minimum atomic E-state index is 0.292. The van der Waals surface area contributed by atoms with E-state index in [2.05, 4.69) is 6.92 Å². The number of rotatable bonds is 0. The molecule has 1 aliphatic rings. The Balaban J connectivity index is 2.33. The summed E-state index contributed by atoms with van der Waals surface area (Å²) in [6.07, 6.45) is 0. The molecule has 1 unspecified atom stereocenters. The first-order valence-electron chi connectivity index (χ1n) is 2.64. The van der Waals surface area contributed by atoms with E-state index >= 15 is 0 Å². The molecule has 0 amide bonds. The van der Waals surface area contributed by atoms with Crippen LogP contribution in [0.3, 0.4) is 0 Å². The first-order chi connectivity index (χ1) is 3.30.